The molecule has 0 nitrogen and oxygen atoms in total. The zero-order chi connectivity index (χ0) is 7.98. The monoisotopic (exact) mass is 220 g/mol. The highest BCUT2D eigenvalue weighted by Gasteiger charge is 1.86. The standard InChI is InChI=1S/C7H7Br.CH3Cl/c1-6-4-2-3-5-7(6)8;1-2/h2-5H,1H3;1H3. The van der Waals surface area contributed by atoms with Gasteiger partial charge in [0.25, 0.3) is 0 Å². The van der Waals surface area contributed by atoms with Crippen LogP contribution in [0.1, 0.15) is 5.56 Å². The van der Waals surface area contributed by atoms with Crippen molar-refractivity contribution in [2.24, 2.45) is 0 Å². The van der Waals surface area contributed by atoms with Gasteiger partial charge in [-0.3, -0.25) is 0 Å². The second kappa shape index (κ2) is 5.75. The van der Waals surface area contributed by atoms with Crippen LogP contribution < -0.4 is 0 Å². The van der Waals surface area contributed by atoms with Crippen LogP contribution in [0, 0.1) is 6.92 Å². The number of alkyl halides is 1. The summed E-state index contributed by atoms with van der Waals surface area (Å²) in [5.41, 5.74) is 1.28. The van der Waals surface area contributed by atoms with Crippen LogP contribution in [0.3, 0.4) is 0 Å². The fourth-order valence-corrected chi connectivity index (χ4v) is 0.836. The van der Waals surface area contributed by atoms with Crippen LogP contribution in [0.4, 0.5) is 0 Å². The van der Waals surface area contributed by atoms with Gasteiger partial charge in [0.15, 0.2) is 0 Å². The average molecular weight is 222 g/mol. The van der Waals surface area contributed by atoms with Crippen LogP contribution >= 0.6 is 27.5 Å². The molecule has 1 aromatic rings. The number of halogens is 2. The maximum atomic E-state index is 4.64. The summed E-state index contributed by atoms with van der Waals surface area (Å²) in [7, 11) is 0. The van der Waals surface area contributed by atoms with E-state index >= 15 is 0 Å². The minimum atomic E-state index is 1.18. The first-order valence-corrected chi connectivity index (χ1v) is 4.44. The summed E-state index contributed by atoms with van der Waals surface area (Å²) in [6.07, 6.45) is 1.47. The normalized spacial score (nSPS) is 8.00. The molecule has 0 heterocycles. The highest BCUT2D eigenvalue weighted by Crippen LogP contribution is 2.13. The molecule has 0 saturated heterocycles. The molecule has 0 radical (unpaired) electrons. The Kier molecular flexibility index (Phi) is 5.74. The van der Waals surface area contributed by atoms with Crippen LogP contribution in [0.2, 0.25) is 0 Å². The largest absolute Gasteiger partial charge is 0.130 e. The highest BCUT2D eigenvalue weighted by molar-refractivity contribution is 9.10. The second-order valence-corrected chi connectivity index (χ2v) is 2.60. The number of hydrogen-bond donors (Lipinski definition) is 0. The van der Waals surface area contributed by atoms with Crippen LogP contribution in [0.25, 0.3) is 0 Å². The zero-order valence-electron chi connectivity index (χ0n) is 6.07. The van der Waals surface area contributed by atoms with E-state index in [1.54, 1.807) is 0 Å². The Morgan fingerprint density at radius 1 is 1.20 bits per heavy atom. The Morgan fingerprint density at radius 3 is 2.00 bits per heavy atom. The smallest absolute Gasteiger partial charge is 0.0204 e. The van der Waals surface area contributed by atoms with E-state index < -0.39 is 0 Å². The Bertz CT molecular complexity index is 165. The third-order valence-corrected chi connectivity index (χ3v) is 1.97. The molecule has 0 aromatic heterocycles. The molecule has 0 aliphatic carbocycles. The molecule has 0 saturated carbocycles. The van der Waals surface area contributed by atoms with Gasteiger partial charge in [0, 0.05) is 10.9 Å². The van der Waals surface area contributed by atoms with Crippen molar-refractivity contribution in [1.82, 2.24) is 0 Å². The molecule has 0 N–H and O–H groups in total. The van der Waals surface area contributed by atoms with Crippen LogP contribution in [0.5, 0.6) is 0 Å². The van der Waals surface area contributed by atoms with E-state index in [2.05, 4.69) is 40.5 Å². The summed E-state index contributed by atoms with van der Waals surface area (Å²) < 4.78 is 1.18. The first-order valence-electron chi connectivity index (χ1n) is 2.89. The fraction of sp³-hybridized carbons (Fsp3) is 0.250. The van der Waals surface area contributed by atoms with Crippen molar-refractivity contribution in [3.8, 4) is 0 Å². The molecule has 1 rings (SSSR count). The van der Waals surface area contributed by atoms with Crippen LogP contribution in [-0.4, -0.2) is 6.38 Å². The van der Waals surface area contributed by atoms with E-state index in [0.717, 1.165) is 0 Å². The molecule has 0 atom stereocenters. The Balaban J connectivity index is 0.000000371. The molecule has 56 valence electrons. The van der Waals surface area contributed by atoms with Crippen molar-refractivity contribution >= 4 is 27.5 Å². The van der Waals surface area contributed by atoms with Gasteiger partial charge in [0.1, 0.15) is 0 Å². The molecule has 0 fully saturated rings. The molecule has 0 spiro atoms. The van der Waals surface area contributed by atoms with Crippen LogP contribution in [0.15, 0.2) is 28.7 Å². The van der Waals surface area contributed by atoms with Crippen molar-refractivity contribution in [2.75, 3.05) is 6.38 Å². The minimum absolute atomic E-state index is 1.18. The van der Waals surface area contributed by atoms with E-state index in [-0.39, 0.29) is 0 Å². The van der Waals surface area contributed by atoms with Gasteiger partial charge >= 0.3 is 0 Å². The molecule has 0 bridgehead atoms. The molecule has 0 unspecified atom stereocenters. The van der Waals surface area contributed by atoms with Crippen molar-refractivity contribution in [3.63, 3.8) is 0 Å². The van der Waals surface area contributed by atoms with Gasteiger partial charge in [-0.25, -0.2) is 0 Å². The lowest BCUT2D eigenvalue weighted by Crippen LogP contribution is -1.69. The molecule has 2 heteroatoms. The summed E-state index contributed by atoms with van der Waals surface area (Å²) in [6, 6.07) is 8.15. The third kappa shape index (κ3) is 3.23. The van der Waals surface area contributed by atoms with Gasteiger partial charge in [0.05, 0.1) is 0 Å². The van der Waals surface area contributed by atoms with Gasteiger partial charge in [-0.2, -0.15) is 0 Å². The van der Waals surface area contributed by atoms with Crippen molar-refractivity contribution < 1.29 is 0 Å². The number of aryl methyl sites for hydroxylation is 1. The quantitative estimate of drug-likeness (QED) is 0.587. The van der Waals surface area contributed by atoms with E-state index in [1.807, 2.05) is 18.2 Å². The lowest BCUT2D eigenvalue weighted by Gasteiger charge is -1.91. The molecular weight excluding hydrogens is 211 g/mol. The van der Waals surface area contributed by atoms with Crippen LogP contribution in [-0.2, 0) is 0 Å². The summed E-state index contributed by atoms with van der Waals surface area (Å²) in [4.78, 5) is 0. The molecule has 10 heavy (non-hydrogen) atoms. The lowest BCUT2D eigenvalue weighted by atomic mass is 10.2. The Morgan fingerprint density at radius 2 is 1.70 bits per heavy atom. The zero-order valence-corrected chi connectivity index (χ0v) is 8.41. The number of rotatable bonds is 0. The third-order valence-electron chi connectivity index (χ3n) is 1.08. The molecule has 0 aliphatic rings. The second-order valence-electron chi connectivity index (χ2n) is 1.75. The first kappa shape index (κ1) is 9.99. The summed E-state index contributed by atoms with van der Waals surface area (Å²) in [5, 5.41) is 0. The van der Waals surface area contributed by atoms with E-state index in [1.165, 1.54) is 16.4 Å². The van der Waals surface area contributed by atoms with E-state index in [4.69, 9.17) is 0 Å². The van der Waals surface area contributed by atoms with Gasteiger partial charge in [-0.1, -0.05) is 34.1 Å². The molecule has 0 amide bonds. The topological polar surface area (TPSA) is 0 Å². The predicted octanol–water partition coefficient (Wildman–Crippen LogP) is 3.61. The van der Waals surface area contributed by atoms with E-state index in [0.29, 0.717) is 0 Å². The summed E-state index contributed by atoms with van der Waals surface area (Å²) in [5.74, 6) is 0. The minimum Gasteiger partial charge on any atom is -0.130 e. The maximum Gasteiger partial charge on any atom is 0.0204 e. The van der Waals surface area contributed by atoms with Crippen molar-refractivity contribution in [3.05, 3.63) is 34.3 Å². The Labute approximate surface area is 75.3 Å². The average Bonchev–Trinajstić information content (AvgIpc) is 2.00. The fourth-order valence-electron chi connectivity index (χ4n) is 0.551. The van der Waals surface area contributed by atoms with Gasteiger partial charge < -0.3 is 0 Å². The SMILES string of the molecule is CCl.Cc1ccccc1Br. The van der Waals surface area contributed by atoms with Gasteiger partial charge in [-0.15, -0.1) is 11.6 Å². The molecular formula is C8H10BrCl. The van der Waals surface area contributed by atoms with Crippen molar-refractivity contribution in [1.29, 1.82) is 0 Å². The van der Waals surface area contributed by atoms with E-state index in [9.17, 15) is 0 Å². The van der Waals surface area contributed by atoms with Crippen molar-refractivity contribution in [2.45, 2.75) is 6.92 Å². The molecule has 1 aromatic carbocycles. The predicted molar refractivity (Wildman–Crippen MR) is 50.7 cm³/mol. The summed E-state index contributed by atoms with van der Waals surface area (Å²) >= 11 is 8.03. The molecule has 0 aliphatic heterocycles. The maximum absolute atomic E-state index is 4.64. The summed E-state index contributed by atoms with van der Waals surface area (Å²) in [6.45, 7) is 2.07. The van der Waals surface area contributed by atoms with Gasteiger partial charge in [0.2, 0.25) is 0 Å². The highest BCUT2D eigenvalue weighted by atomic mass is 79.9. The Hall–Kier alpha value is -0.0100. The lowest BCUT2D eigenvalue weighted by molar-refractivity contribution is 1.43. The van der Waals surface area contributed by atoms with Gasteiger partial charge in [-0.05, 0) is 18.6 Å². The first-order chi connectivity index (χ1) is 4.80. The number of hydrogen-bond acceptors (Lipinski definition) is 0. The number of benzene rings is 1.